The summed E-state index contributed by atoms with van der Waals surface area (Å²) in [6.45, 7) is 1.69. The molecule has 0 radical (unpaired) electrons. The number of amides is 2. The molecule has 4 aromatic rings. The first-order valence-electron chi connectivity index (χ1n) is 11.6. The topological polar surface area (TPSA) is 144 Å². The number of rotatable bonds is 9. The molecule has 2 N–H and O–H groups in total. The number of non-ortho nitro benzene ring substituents is 2. The Morgan fingerprint density at radius 1 is 0.769 bits per heavy atom. The van der Waals surface area contributed by atoms with Crippen LogP contribution < -0.4 is 10.6 Å². The summed E-state index contributed by atoms with van der Waals surface area (Å²) in [5.74, 6) is -0.705. The molecule has 2 amide bonds. The predicted molar refractivity (Wildman–Crippen MR) is 149 cm³/mol. The first-order chi connectivity index (χ1) is 18.7. The van der Waals surface area contributed by atoms with Crippen LogP contribution in [0.25, 0.3) is 0 Å². The Hall–Kier alpha value is -5.03. The van der Waals surface area contributed by atoms with E-state index >= 15 is 0 Å². The fraction of sp³-hybridized carbons (Fsp3) is 0.0714. The van der Waals surface area contributed by atoms with E-state index in [0.29, 0.717) is 16.9 Å². The normalized spacial score (nSPS) is 11.3. The number of nitro benzene ring substituents is 2. The molecule has 10 nitrogen and oxygen atoms in total. The summed E-state index contributed by atoms with van der Waals surface area (Å²) in [6.07, 6.45) is 0. The predicted octanol–water partition coefficient (Wildman–Crippen LogP) is 6.54. The van der Waals surface area contributed by atoms with E-state index in [1.54, 1.807) is 31.2 Å². The van der Waals surface area contributed by atoms with E-state index in [-0.39, 0.29) is 22.8 Å². The minimum absolute atomic E-state index is 0.0553. The zero-order chi connectivity index (χ0) is 27.9. The van der Waals surface area contributed by atoms with Crippen molar-refractivity contribution >= 4 is 46.3 Å². The molecule has 4 rings (SSSR count). The van der Waals surface area contributed by atoms with E-state index in [2.05, 4.69) is 10.6 Å². The van der Waals surface area contributed by atoms with Gasteiger partial charge in [-0.3, -0.25) is 29.8 Å². The number of nitrogens with zero attached hydrogens (tertiary/aromatic N) is 2. The molecule has 0 aliphatic carbocycles. The van der Waals surface area contributed by atoms with Crippen molar-refractivity contribution < 1.29 is 19.4 Å². The Morgan fingerprint density at radius 2 is 1.38 bits per heavy atom. The summed E-state index contributed by atoms with van der Waals surface area (Å²) in [6, 6.07) is 25.7. The lowest BCUT2D eigenvalue weighted by atomic mass is 10.1. The monoisotopic (exact) mass is 542 g/mol. The minimum atomic E-state index is -0.624. The first-order valence-corrected chi connectivity index (χ1v) is 12.5. The lowest BCUT2D eigenvalue weighted by Gasteiger charge is -2.18. The average Bonchev–Trinajstić information content (AvgIpc) is 2.94. The molecule has 11 heteroatoms. The summed E-state index contributed by atoms with van der Waals surface area (Å²) in [7, 11) is 0. The quantitative estimate of drug-likeness (QED) is 0.139. The van der Waals surface area contributed by atoms with Crippen molar-refractivity contribution in [3.05, 3.63) is 134 Å². The second-order valence-electron chi connectivity index (χ2n) is 8.44. The van der Waals surface area contributed by atoms with Crippen molar-refractivity contribution in [2.75, 3.05) is 10.6 Å². The van der Waals surface area contributed by atoms with Crippen molar-refractivity contribution in [3.63, 3.8) is 0 Å². The van der Waals surface area contributed by atoms with Crippen LogP contribution in [0, 0.1) is 27.2 Å². The Balaban J connectivity index is 1.48. The summed E-state index contributed by atoms with van der Waals surface area (Å²) in [5.41, 5.74) is 2.47. The highest BCUT2D eigenvalue weighted by Crippen LogP contribution is 2.37. The maximum atomic E-state index is 13.4. The zero-order valence-corrected chi connectivity index (χ0v) is 21.4. The number of carbonyl (C=O) groups excluding carboxylic acids is 2. The minimum Gasteiger partial charge on any atom is -0.325 e. The van der Waals surface area contributed by atoms with Gasteiger partial charge in [0.25, 0.3) is 17.3 Å². The van der Waals surface area contributed by atoms with E-state index in [4.69, 9.17) is 0 Å². The van der Waals surface area contributed by atoms with Crippen LogP contribution in [0.4, 0.5) is 22.7 Å². The lowest BCUT2D eigenvalue weighted by Crippen LogP contribution is -2.19. The molecule has 196 valence electrons. The van der Waals surface area contributed by atoms with E-state index in [1.165, 1.54) is 54.2 Å². The maximum Gasteiger partial charge on any atom is 0.269 e. The molecule has 4 aromatic carbocycles. The average molecular weight is 543 g/mol. The van der Waals surface area contributed by atoms with E-state index in [1.807, 2.05) is 30.3 Å². The van der Waals surface area contributed by atoms with Crippen LogP contribution in [0.15, 0.2) is 102 Å². The van der Waals surface area contributed by atoms with Crippen molar-refractivity contribution in [1.82, 2.24) is 0 Å². The van der Waals surface area contributed by atoms with Gasteiger partial charge in [-0.25, -0.2) is 0 Å². The van der Waals surface area contributed by atoms with Gasteiger partial charge in [0.1, 0.15) is 5.25 Å². The van der Waals surface area contributed by atoms with E-state index in [9.17, 15) is 29.8 Å². The van der Waals surface area contributed by atoms with Crippen LogP contribution in [-0.4, -0.2) is 21.7 Å². The number of aryl methyl sites for hydroxylation is 1. The number of carbonyl (C=O) groups is 2. The van der Waals surface area contributed by atoms with E-state index < -0.39 is 21.0 Å². The van der Waals surface area contributed by atoms with Gasteiger partial charge in [0.15, 0.2) is 0 Å². The highest BCUT2D eigenvalue weighted by molar-refractivity contribution is 8.00. The van der Waals surface area contributed by atoms with Gasteiger partial charge in [-0.05, 0) is 60.5 Å². The van der Waals surface area contributed by atoms with Crippen LogP contribution in [0.2, 0.25) is 0 Å². The zero-order valence-electron chi connectivity index (χ0n) is 20.6. The number of benzene rings is 4. The van der Waals surface area contributed by atoms with Crippen molar-refractivity contribution in [1.29, 1.82) is 0 Å². The number of hydrogen-bond donors (Lipinski definition) is 2. The van der Waals surface area contributed by atoms with Gasteiger partial charge in [0, 0.05) is 46.1 Å². The number of thioether (sulfide) groups is 1. The van der Waals surface area contributed by atoms with Gasteiger partial charge in [0.05, 0.1) is 9.85 Å². The summed E-state index contributed by atoms with van der Waals surface area (Å²) >= 11 is 1.31. The largest absolute Gasteiger partial charge is 0.325 e. The van der Waals surface area contributed by atoms with Gasteiger partial charge in [-0.1, -0.05) is 30.3 Å². The molecule has 0 aliphatic heterocycles. The fourth-order valence-corrected chi connectivity index (χ4v) is 4.72. The number of nitro groups is 2. The highest BCUT2D eigenvalue weighted by Gasteiger charge is 2.23. The Bertz CT molecular complexity index is 1530. The molecule has 39 heavy (non-hydrogen) atoms. The molecule has 0 bridgehead atoms. The van der Waals surface area contributed by atoms with Crippen LogP contribution >= 0.6 is 11.8 Å². The smallest absolute Gasteiger partial charge is 0.269 e. The van der Waals surface area contributed by atoms with Crippen LogP contribution in [0.1, 0.15) is 26.7 Å². The van der Waals surface area contributed by atoms with Crippen LogP contribution in [0.5, 0.6) is 0 Å². The molecule has 0 saturated heterocycles. The molecule has 1 atom stereocenters. The summed E-state index contributed by atoms with van der Waals surface area (Å²) < 4.78 is 0. The molecule has 1 unspecified atom stereocenters. The molecule has 0 spiro atoms. The van der Waals surface area contributed by atoms with Crippen LogP contribution in [0.3, 0.4) is 0 Å². The van der Waals surface area contributed by atoms with Gasteiger partial charge < -0.3 is 10.6 Å². The van der Waals surface area contributed by atoms with E-state index in [0.717, 1.165) is 10.5 Å². The SMILES string of the molecule is Cc1cc([N+](=O)[O-])ccc1NC(=O)C(Sc1ccc(NC(=O)c2ccc([N+](=O)[O-])cc2)cc1)c1ccccc1. The lowest BCUT2D eigenvalue weighted by molar-refractivity contribution is -0.385. The van der Waals surface area contributed by atoms with Crippen molar-refractivity contribution in [3.8, 4) is 0 Å². The third kappa shape index (κ3) is 6.84. The third-order valence-electron chi connectivity index (χ3n) is 5.73. The maximum absolute atomic E-state index is 13.4. The Labute approximate surface area is 227 Å². The molecular weight excluding hydrogens is 520 g/mol. The molecule has 0 fully saturated rings. The van der Waals surface area contributed by atoms with Gasteiger partial charge >= 0.3 is 0 Å². The Morgan fingerprint density at radius 3 is 1.97 bits per heavy atom. The molecule has 0 heterocycles. The second kappa shape index (κ2) is 12.0. The van der Waals surface area contributed by atoms with Crippen molar-refractivity contribution in [2.45, 2.75) is 17.1 Å². The summed E-state index contributed by atoms with van der Waals surface area (Å²) in [4.78, 5) is 47.5. The standard InChI is InChI=1S/C28H22N4O6S/c1-18-17-23(32(37)38)13-16-25(18)30-28(34)26(19-5-3-2-4-6-19)39-24-14-9-21(10-15-24)29-27(33)20-7-11-22(12-8-20)31(35)36/h2-17,26H,1H3,(H,29,33)(H,30,34). The number of nitrogens with one attached hydrogen (secondary N) is 2. The van der Waals surface area contributed by atoms with Gasteiger partial charge in [-0.2, -0.15) is 0 Å². The van der Waals surface area contributed by atoms with Gasteiger partial charge in [0.2, 0.25) is 5.91 Å². The highest BCUT2D eigenvalue weighted by atomic mass is 32.2. The molecule has 0 saturated carbocycles. The summed E-state index contributed by atoms with van der Waals surface area (Å²) in [5, 5.41) is 26.9. The molecule has 0 aromatic heterocycles. The van der Waals surface area contributed by atoms with Crippen LogP contribution in [-0.2, 0) is 4.79 Å². The third-order valence-corrected chi connectivity index (χ3v) is 6.99. The number of hydrogen-bond acceptors (Lipinski definition) is 7. The van der Waals surface area contributed by atoms with Crippen molar-refractivity contribution in [2.24, 2.45) is 0 Å². The molecule has 0 aliphatic rings. The Kier molecular flexibility index (Phi) is 8.32. The fourth-order valence-electron chi connectivity index (χ4n) is 3.69. The number of anilines is 2. The van der Waals surface area contributed by atoms with Gasteiger partial charge in [-0.15, -0.1) is 11.8 Å². The molecular formula is C28H22N4O6S. The second-order valence-corrected chi connectivity index (χ2v) is 9.62. The first kappa shape index (κ1) is 27.0.